The summed E-state index contributed by atoms with van der Waals surface area (Å²) in [6, 6.07) is 1.63. The van der Waals surface area contributed by atoms with Crippen LogP contribution in [0.4, 0.5) is 5.88 Å². The molecule has 1 aliphatic heterocycles. The highest BCUT2D eigenvalue weighted by molar-refractivity contribution is 8.05. The van der Waals surface area contributed by atoms with Crippen LogP contribution in [-0.4, -0.2) is 53.3 Å². The Morgan fingerprint density at radius 2 is 2.12 bits per heavy atom. The Balaban J connectivity index is 2.06. The number of amides is 1. The molecule has 0 bridgehead atoms. The standard InChI is InChI=1S/C17H26N2O5S/c1-12(25(5,21)13-6-8-23-9-7-13)16(20)18-15-10-14(19-24-15)17(2,3)11-22-4/h10,13H,1,5-9,11H2,2-4H3,(H,18,20). The number of carbonyl (C=O) groups excluding carboxylic acids is 1. The van der Waals surface area contributed by atoms with Crippen molar-refractivity contribution < 1.29 is 23.0 Å². The van der Waals surface area contributed by atoms with Crippen LogP contribution in [0.25, 0.3) is 0 Å². The van der Waals surface area contributed by atoms with Crippen molar-refractivity contribution in [2.75, 3.05) is 32.2 Å². The third kappa shape index (κ3) is 4.50. The number of ether oxygens (including phenoxy) is 2. The highest BCUT2D eigenvalue weighted by Gasteiger charge is 2.30. The minimum absolute atomic E-state index is 0.0338. The smallest absolute Gasteiger partial charge is 0.265 e. The van der Waals surface area contributed by atoms with Crippen molar-refractivity contribution in [2.24, 2.45) is 0 Å². The number of aromatic nitrogens is 1. The van der Waals surface area contributed by atoms with Gasteiger partial charge in [0, 0.05) is 46.6 Å². The highest BCUT2D eigenvalue weighted by Crippen LogP contribution is 2.26. The van der Waals surface area contributed by atoms with Crippen LogP contribution in [0.2, 0.25) is 0 Å². The van der Waals surface area contributed by atoms with Crippen molar-refractivity contribution in [3.8, 4) is 0 Å². The molecule has 0 spiro atoms. The average Bonchev–Trinajstić information content (AvgIpc) is 3.04. The van der Waals surface area contributed by atoms with Crippen LogP contribution in [0.5, 0.6) is 0 Å². The molecule has 8 heteroatoms. The zero-order chi connectivity index (χ0) is 18.7. The van der Waals surface area contributed by atoms with E-state index in [9.17, 15) is 9.00 Å². The minimum Gasteiger partial charge on any atom is -0.384 e. The van der Waals surface area contributed by atoms with Crippen LogP contribution >= 0.6 is 0 Å². The molecule has 1 saturated heterocycles. The first-order chi connectivity index (χ1) is 11.7. The van der Waals surface area contributed by atoms with E-state index in [4.69, 9.17) is 14.0 Å². The molecule has 140 valence electrons. The van der Waals surface area contributed by atoms with E-state index in [0.717, 1.165) is 0 Å². The zero-order valence-corrected chi connectivity index (χ0v) is 15.8. The predicted octanol–water partition coefficient (Wildman–Crippen LogP) is 1.95. The summed E-state index contributed by atoms with van der Waals surface area (Å²) >= 11 is 0. The van der Waals surface area contributed by atoms with Crippen molar-refractivity contribution in [1.82, 2.24) is 5.16 Å². The normalized spacial score (nSPS) is 18.5. The number of hydrogen-bond donors (Lipinski definition) is 1. The Labute approximate surface area is 148 Å². The summed E-state index contributed by atoms with van der Waals surface area (Å²) in [6.45, 7) is 9.11. The molecule has 1 unspecified atom stereocenters. The number of methoxy groups -OCH3 is 1. The summed E-state index contributed by atoms with van der Waals surface area (Å²) in [5.74, 6) is 3.38. The molecule has 2 heterocycles. The average molecular weight is 370 g/mol. The first-order valence-electron chi connectivity index (χ1n) is 8.08. The van der Waals surface area contributed by atoms with Gasteiger partial charge in [-0.3, -0.25) is 14.3 Å². The molecule has 0 radical (unpaired) electrons. The van der Waals surface area contributed by atoms with Gasteiger partial charge in [0.25, 0.3) is 5.91 Å². The molecule has 1 amide bonds. The van der Waals surface area contributed by atoms with Crippen LogP contribution in [0.1, 0.15) is 32.4 Å². The van der Waals surface area contributed by atoms with E-state index in [0.29, 0.717) is 38.4 Å². The van der Waals surface area contributed by atoms with E-state index in [1.54, 1.807) is 13.2 Å². The molecule has 0 aromatic carbocycles. The van der Waals surface area contributed by atoms with Crippen LogP contribution in [-0.2, 0) is 29.2 Å². The fourth-order valence-electron chi connectivity index (χ4n) is 2.68. The number of nitrogens with one attached hydrogen (secondary N) is 1. The number of hydrogen-bond acceptors (Lipinski definition) is 6. The largest absolute Gasteiger partial charge is 0.384 e. The van der Waals surface area contributed by atoms with Crippen LogP contribution in [0, 0.1) is 0 Å². The van der Waals surface area contributed by atoms with Gasteiger partial charge in [-0.25, -0.2) is 0 Å². The van der Waals surface area contributed by atoms with Gasteiger partial charge in [0.2, 0.25) is 5.88 Å². The molecule has 1 aliphatic rings. The molecule has 1 atom stereocenters. The molecule has 1 fully saturated rings. The lowest BCUT2D eigenvalue weighted by Gasteiger charge is -2.26. The van der Waals surface area contributed by atoms with E-state index < -0.39 is 15.4 Å². The fourth-order valence-corrected chi connectivity index (χ4v) is 4.41. The van der Waals surface area contributed by atoms with Gasteiger partial charge in [-0.2, -0.15) is 0 Å². The Bertz CT molecular complexity index is 730. The Kier molecular flexibility index (Phi) is 6.08. The van der Waals surface area contributed by atoms with Gasteiger partial charge in [0.05, 0.1) is 17.2 Å². The van der Waals surface area contributed by atoms with E-state index in [-0.39, 0.29) is 21.5 Å². The third-order valence-corrected chi connectivity index (χ3v) is 6.89. The maximum atomic E-state index is 12.9. The highest BCUT2D eigenvalue weighted by atomic mass is 32.2. The molecule has 7 nitrogen and oxygen atoms in total. The monoisotopic (exact) mass is 370 g/mol. The molecular formula is C17H26N2O5S. The summed E-state index contributed by atoms with van der Waals surface area (Å²) in [6.07, 6.45) is 1.21. The van der Waals surface area contributed by atoms with Gasteiger partial charge in [0.15, 0.2) is 0 Å². The molecule has 25 heavy (non-hydrogen) atoms. The van der Waals surface area contributed by atoms with Crippen molar-refractivity contribution in [3.63, 3.8) is 0 Å². The van der Waals surface area contributed by atoms with Gasteiger partial charge in [-0.05, 0) is 18.7 Å². The summed E-state index contributed by atoms with van der Waals surface area (Å²) in [5.41, 5.74) is 0.287. The molecule has 0 saturated carbocycles. The molecular weight excluding hydrogens is 344 g/mol. The summed E-state index contributed by atoms with van der Waals surface area (Å²) in [7, 11) is -1.17. The quantitative estimate of drug-likeness (QED) is 0.583. The summed E-state index contributed by atoms with van der Waals surface area (Å²) in [5, 5.41) is 6.33. The second kappa shape index (κ2) is 7.72. The predicted molar refractivity (Wildman–Crippen MR) is 98.3 cm³/mol. The second-order valence-corrected chi connectivity index (χ2v) is 9.42. The Morgan fingerprint density at radius 1 is 1.48 bits per heavy atom. The summed E-state index contributed by atoms with van der Waals surface area (Å²) in [4.78, 5) is 12.4. The number of nitrogens with zero attached hydrogens (tertiary/aromatic N) is 1. The second-order valence-electron chi connectivity index (χ2n) is 6.81. The van der Waals surface area contributed by atoms with Gasteiger partial charge in [-0.1, -0.05) is 25.6 Å². The van der Waals surface area contributed by atoms with Crippen LogP contribution < -0.4 is 5.32 Å². The molecule has 1 N–H and O–H groups in total. The lowest BCUT2D eigenvalue weighted by atomic mass is 9.90. The van der Waals surface area contributed by atoms with Crippen molar-refractivity contribution in [3.05, 3.63) is 23.2 Å². The molecule has 1 aromatic rings. The topological polar surface area (TPSA) is 90.7 Å². The number of carbonyl (C=O) groups is 1. The van der Waals surface area contributed by atoms with E-state index in [2.05, 4.69) is 22.9 Å². The number of rotatable bonds is 7. The first kappa shape index (κ1) is 19.7. The van der Waals surface area contributed by atoms with Crippen LogP contribution in [0.3, 0.4) is 0 Å². The number of anilines is 1. The van der Waals surface area contributed by atoms with Gasteiger partial charge in [0.1, 0.15) is 0 Å². The Morgan fingerprint density at radius 3 is 2.72 bits per heavy atom. The van der Waals surface area contributed by atoms with Crippen LogP contribution in [0.15, 0.2) is 22.1 Å². The molecule has 0 aliphatic carbocycles. The first-order valence-corrected chi connectivity index (χ1v) is 9.88. The molecule has 1 aromatic heterocycles. The third-order valence-electron chi connectivity index (χ3n) is 4.32. The Hall–Kier alpha value is -1.64. The van der Waals surface area contributed by atoms with E-state index in [1.807, 2.05) is 13.8 Å². The van der Waals surface area contributed by atoms with E-state index in [1.165, 1.54) is 0 Å². The SMILES string of the molecule is C=C(C(=O)Nc1cc(C(C)(C)COC)no1)S(=C)(=O)C1CCOCC1. The van der Waals surface area contributed by atoms with Gasteiger partial charge >= 0.3 is 0 Å². The maximum absolute atomic E-state index is 12.9. The van der Waals surface area contributed by atoms with Crippen molar-refractivity contribution in [1.29, 1.82) is 0 Å². The maximum Gasteiger partial charge on any atom is 0.265 e. The summed E-state index contributed by atoms with van der Waals surface area (Å²) < 4.78 is 28.5. The lowest BCUT2D eigenvalue weighted by Crippen LogP contribution is -2.33. The fraction of sp³-hybridized carbons (Fsp3) is 0.588. The van der Waals surface area contributed by atoms with E-state index >= 15 is 0 Å². The zero-order valence-electron chi connectivity index (χ0n) is 15.0. The van der Waals surface area contributed by atoms with Gasteiger partial charge in [-0.15, -0.1) is 0 Å². The minimum atomic E-state index is -2.78. The molecule has 2 rings (SSSR count). The van der Waals surface area contributed by atoms with Crippen molar-refractivity contribution >= 4 is 27.2 Å². The lowest BCUT2D eigenvalue weighted by molar-refractivity contribution is -0.112. The van der Waals surface area contributed by atoms with Crippen molar-refractivity contribution in [2.45, 2.75) is 37.4 Å². The van der Waals surface area contributed by atoms with Gasteiger partial charge < -0.3 is 14.0 Å².